The summed E-state index contributed by atoms with van der Waals surface area (Å²) in [5.74, 6) is 2.36. The Balaban J connectivity index is 3.04. The average Bonchev–Trinajstić information content (AvgIpc) is 2.14. The maximum Gasteiger partial charge on any atom is 0.185 e. The summed E-state index contributed by atoms with van der Waals surface area (Å²) >= 11 is 0. The molecule has 1 heteroatoms. The molecule has 0 saturated carbocycles. The van der Waals surface area contributed by atoms with Gasteiger partial charge in [0.1, 0.15) is 0 Å². The van der Waals surface area contributed by atoms with Crippen molar-refractivity contribution in [3.05, 3.63) is 24.2 Å². The Morgan fingerprint density at radius 3 is 3.00 bits per heavy atom. The summed E-state index contributed by atoms with van der Waals surface area (Å²) in [5, 5.41) is 0. The van der Waals surface area contributed by atoms with Crippen LogP contribution in [0.1, 0.15) is 5.56 Å². The standard InChI is InChI=1S/C6H3O/c1-2-6-3-4-7-5-6/h1,3-4H. The van der Waals surface area contributed by atoms with E-state index in [1.165, 1.54) is 6.26 Å². The fourth-order valence-corrected chi connectivity index (χ4v) is 0.311. The third kappa shape index (κ3) is 0.635. The Hall–Kier alpha value is -1.16. The Morgan fingerprint density at radius 2 is 2.71 bits per heavy atom. The predicted octanol–water partition coefficient (Wildman–Crippen LogP) is 1.06. The first-order chi connectivity index (χ1) is 3.43. The molecule has 0 atom stereocenters. The molecule has 33 valence electrons. The summed E-state index contributed by atoms with van der Waals surface area (Å²) in [6.07, 6.45) is 8.92. The summed E-state index contributed by atoms with van der Waals surface area (Å²) in [4.78, 5) is 0. The van der Waals surface area contributed by atoms with E-state index in [0.29, 0.717) is 5.56 Å². The van der Waals surface area contributed by atoms with Gasteiger partial charge in [-0.05, 0) is 6.07 Å². The lowest BCUT2D eigenvalue weighted by Crippen LogP contribution is -1.55. The summed E-state index contributed by atoms with van der Waals surface area (Å²) in [6.45, 7) is 0. The highest BCUT2D eigenvalue weighted by atomic mass is 16.3. The van der Waals surface area contributed by atoms with Crippen LogP contribution in [0.2, 0.25) is 0 Å². The summed E-state index contributed by atoms with van der Waals surface area (Å²) in [5.41, 5.74) is 0.667. The predicted molar refractivity (Wildman–Crippen MR) is 25.5 cm³/mol. The van der Waals surface area contributed by atoms with E-state index in [0.717, 1.165) is 0 Å². The quantitative estimate of drug-likeness (QED) is 0.435. The van der Waals surface area contributed by atoms with E-state index >= 15 is 0 Å². The van der Waals surface area contributed by atoms with Crippen LogP contribution in [-0.4, -0.2) is 0 Å². The van der Waals surface area contributed by atoms with E-state index in [1.54, 1.807) is 6.07 Å². The largest absolute Gasteiger partial charge is 0.460 e. The zero-order valence-corrected chi connectivity index (χ0v) is 3.64. The molecule has 0 saturated heterocycles. The van der Waals surface area contributed by atoms with E-state index in [9.17, 15) is 0 Å². The van der Waals surface area contributed by atoms with E-state index in [1.807, 2.05) is 0 Å². The highest BCUT2D eigenvalue weighted by Crippen LogP contribution is 1.93. The maximum atomic E-state index is 4.95. The Morgan fingerprint density at radius 1 is 1.86 bits per heavy atom. The monoisotopic (exact) mass is 91.0 g/mol. The van der Waals surface area contributed by atoms with Crippen molar-refractivity contribution in [2.75, 3.05) is 0 Å². The number of furan rings is 1. The third-order valence-corrected chi connectivity index (χ3v) is 0.627. The van der Waals surface area contributed by atoms with Gasteiger partial charge in [0.05, 0.1) is 11.8 Å². The maximum absolute atomic E-state index is 4.95. The average molecular weight is 91.1 g/mol. The Bertz CT molecular complexity index is 167. The number of hydrogen-bond acceptors (Lipinski definition) is 1. The van der Waals surface area contributed by atoms with E-state index in [4.69, 9.17) is 6.42 Å². The van der Waals surface area contributed by atoms with Crippen LogP contribution in [0.25, 0.3) is 0 Å². The molecule has 0 aliphatic rings. The fourth-order valence-electron chi connectivity index (χ4n) is 0.311. The van der Waals surface area contributed by atoms with Gasteiger partial charge in [-0.25, -0.2) is 0 Å². The summed E-state index contributed by atoms with van der Waals surface area (Å²) in [6, 6.07) is 1.68. The minimum atomic E-state index is 0.667. The van der Waals surface area contributed by atoms with Crippen LogP contribution < -0.4 is 0 Å². The Kier molecular flexibility index (Phi) is 0.874. The van der Waals surface area contributed by atoms with E-state index in [-0.39, 0.29) is 0 Å². The molecule has 1 aromatic rings. The molecule has 1 nitrogen and oxygen atoms in total. The molecule has 0 aliphatic heterocycles. The molecule has 0 unspecified atom stereocenters. The zero-order valence-electron chi connectivity index (χ0n) is 3.64. The van der Waals surface area contributed by atoms with Gasteiger partial charge in [-0.1, -0.05) is 5.92 Å². The van der Waals surface area contributed by atoms with Crippen molar-refractivity contribution in [2.45, 2.75) is 0 Å². The highest BCUT2D eigenvalue weighted by Gasteiger charge is 1.82. The Labute approximate surface area is 42.0 Å². The first kappa shape index (κ1) is 4.01. The summed E-state index contributed by atoms with van der Waals surface area (Å²) < 4.78 is 4.54. The summed E-state index contributed by atoms with van der Waals surface area (Å²) in [7, 11) is 0. The molecule has 0 amide bonds. The second-order valence-electron chi connectivity index (χ2n) is 1.08. The van der Waals surface area contributed by atoms with Gasteiger partial charge in [-0.15, -0.1) is 6.42 Å². The van der Waals surface area contributed by atoms with Crippen LogP contribution in [0.15, 0.2) is 16.7 Å². The number of rotatable bonds is 0. The van der Waals surface area contributed by atoms with Gasteiger partial charge in [0.25, 0.3) is 0 Å². The molecule has 1 radical (unpaired) electrons. The molecule has 1 aromatic heterocycles. The van der Waals surface area contributed by atoms with Gasteiger partial charge in [0, 0.05) is 0 Å². The van der Waals surface area contributed by atoms with Gasteiger partial charge in [-0.2, -0.15) is 0 Å². The van der Waals surface area contributed by atoms with Crippen LogP contribution in [0.4, 0.5) is 0 Å². The SMILES string of the molecule is C#Cc1[c]occ1. The number of hydrogen-bond donors (Lipinski definition) is 0. The van der Waals surface area contributed by atoms with Crippen LogP contribution in [0, 0.1) is 18.6 Å². The highest BCUT2D eigenvalue weighted by molar-refractivity contribution is 5.25. The van der Waals surface area contributed by atoms with Crippen molar-refractivity contribution >= 4 is 0 Å². The minimum absolute atomic E-state index is 0.667. The van der Waals surface area contributed by atoms with Gasteiger partial charge >= 0.3 is 0 Å². The first-order valence-corrected chi connectivity index (χ1v) is 1.85. The van der Waals surface area contributed by atoms with Gasteiger partial charge in [0.15, 0.2) is 6.26 Å². The van der Waals surface area contributed by atoms with Crippen molar-refractivity contribution in [1.29, 1.82) is 0 Å². The number of terminal acetylenes is 1. The van der Waals surface area contributed by atoms with E-state index in [2.05, 4.69) is 16.6 Å². The molecule has 1 heterocycles. The molecular weight excluding hydrogens is 88.1 g/mol. The van der Waals surface area contributed by atoms with E-state index < -0.39 is 0 Å². The van der Waals surface area contributed by atoms with Crippen molar-refractivity contribution in [1.82, 2.24) is 0 Å². The second kappa shape index (κ2) is 1.53. The van der Waals surface area contributed by atoms with Gasteiger partial charge in [0.2, 0.25) is 0 Å². The van der Waals surface area contributed by atoms with Gasteiger partial charge < -0.3 is 4.42 Å². The lowest BCUT2D eigenvalue weighted by Gasteiger charge is -1.62. The lowest BCUT2D eigenvalue weighted by molar-refractivity contribution is 0.557. The molecule has 1 rings (SSSR count). The first-order valence-electron chi connectivity index (χ1n) is 1.85. The fraction of sp³-hybridized carbons (Fsp3) is 0. The smallest absolute Gasteiger partial charge is 0.185 e. The third-order valence-electron chi connectivity index (χ3n) is 0.627. The van der Waals surface area contributed by atoms with Crippen LogP contribution in [0.5, 0.6) is 0 Å². The van der Waals surface area contributed by atoms with Crippen LogP contribution >= 0.6 is 0 Å². The van der Waals surface area contributed by atoms with Gasteiger partial charge in [-0.3, -0.25) is 0 Å². The molecular formula is C6H3O. The molecule has 0 bridgehead atoms. The molecule has 7 heavy (non-hydrogen) atoms. The molecule has 0 aromatic carbocycles. The van der Waals surface area contributed by atoms with Crippen molar-refractivity contribution in [3.8, 4) is 12.3 Å². The molecule has 0 fully saturated rings. The van der Waals surface area contributed by atoms with Crippen molar-refractivity contribution in [2.24, 2.45) is 0 Å². The second-order valence-corrected chi connectivity index (χ2v) is 1.08. The normalized spacial score (nSPS) is 7.86. The van der Waals surface area contributed by atoms with Crippen LogP contribution in [-0.2, 0) is 0 Å². The van der Waals surface area contributed by atoms with Crippen molar-refractivity contribution in [3.63, 3.8) is 0 Å². The minimum Gasteiger partial charge on any atom is -0.460 e. The topological polar surface area (TPSA) is 13.1 Å². The molecule has 0 aliphatic carbocycles. The molecule has 0 spiro atoms. The van der Waals surface area contributed by atoms with Crippen LogP contribution in [0.3, 0.4) is 0 Å². The zero-order chi connectivity index (χ0) is 5.11. The molecule has 0 N–H and O–H groups in total. The van der Waals surface area contributed by atoms with Crippen molar-refractivity contribution < 1.29 is 4.42 Å². The lowest BCUT2D eigenvalue weighted by atomic mass is 10.4.